The number of nitrogens with zero attached hydrogens (tertiary/aromatic N) is 2. The number of alkyl halides is 3. The third-order valence-corrected chi connectivity index (χ3v) is 6.18. The van der Waals surface area contributed by atoms with Gasteiger partial charge in [-0.1, -0.05) is 54.6 Å². The van der Waals surface area contributed by atoms with Crippen LogP contribution in [0.2, 0.25) is 0 Å². The highest BCUT2D eigenvalue weighted by Gasteiger charge is 2.31. The minimum atomic E-state index is -4.48. The van der Waals surface area contributed by atoms with Crippen LogP contribution in [0.25, 0.3) is 16.9 Å². The van der Waals surface area contributed by atoms with Crippen molar-refractivity contribution in [3.8, 4) is 16.9 Å². The van der Waals surface area contributed by atoms with E-state index in [2.05, 4.69) is 22.5 Å². The number of aryl methyl sites for hydroxylation is 2. The molecule has 0 radical (unpaired) electrons. The molecule has 1 aromatic heterocycles. The molecule has 4 aromatic rings. The van der Waals surface area contributed by atoms with Crippen LogP contribution in [0.4, 0.5) is 13.2 Å². The van der Waals surface area contributed by atoms with Crippen molar-refractivity contribution in [3.63, 3.8) is 0 Å². The lowest BCUT2D eigenvalue weighted by molar-refractivity contribution is -0.137. The zero-order valence-electron chi connectivity index (χ0n) is 19.7. The van der Waals surface area contributed by atoms with Gasteiger partial charge in [-0.05, 0) is 68.1 Å². The number of aromatic nitrogens is 2. The molecule has 0 spiro atoms. The van der Waals surface area contributed by atoms with Crippen LogP contribution in [-0.4, -0.2) is 21.4 Å². The average molecular weight is 480 g/mol. The molecular weight excluding hydrogens is 451 g/mol. The summed E-state index contributed by atoms with van der Waals surface area (Å²) in [5, 5.41) is 18.6. The SMILES string of the molecule is Cc1cccc(-n2ncc(C(O)NCCCc3ccccc3)c2-c2cccc(C(F)(F)F)c2)c1C. The van der Waals surface area contributed by atoms with E-state index >= 15 is 0 Å². The molecule has 1 atom stereocenters. The number of aliphatic hydroxyl groups excluding tert-OH is 1. The lowest BCUT2D eigenvalue weighted by Gasteiger charge is -2.18. The number of hydrogen-bond acceptors (Lipinski definition) is 3. The zero-order chi connectivity index (χ0) is 25.0. The maximum absolute atomic E-state index is 13.5. The summed E-state index contributed by atoms with van der Waals surface area (Å²) in [4.78, 5) is 0. The Morgan fingerprint density at radius 1 is 0.971 bits per heavy atom. The number of benzene rings is 3. The molecular formula is C28H28F3N3O. The quantitative estimate of drug-likeness (QED) is 0.228. The minimum Gasteiger partial charge on any atom is -0.374 e. The first-order chi connectivity index (χ1) is 16.8. The van der Waals surface area contributed by atoms with Crippen molar-refractivity contribution in [2.75, 3.05) is 6.54 Å². The molecule has 4 nitrogen and oxygen atoms in total. The third kappa shape index (κ3) is 5.63. The highest BCUT2D eigenvalue weighted by molar-refractivity contribution is 5.68. The molecule has 182 valence electrons. The molecule has 35 heavy (non-hydrogen) atoms. The van der Waals surface area contributed by atoms with E-state index in [1.807, 2.05) is 50.2 Å². The van der Waals surface area contributed by atoms with Gasteiger partial charge in [0.05, 0.1) is 23.1 Å². The largest absolute Gasteiger partial charge is 0.416 e. The Labute approximate surface area is 203 Å². The van der Waals surface area contributed by atoms with Crippen molar-refractivity contribution < 1.29 is 18.3 Å². The Morgan fingerprint density at radius 2 is 1.71 bits per heavy atom. The molecule has 0 aliphatic carbocycles. The van der Waals surface area contributed by atoms with E-state index in [1.165, 1.54) is 17.8 Å². The third-order valence-electron chi connectivity index (χ3n) is 6.18. The highest BCUT2D eigenvalue weighted by atomic mass is 19.4. The minimum absolute atomic E-state index is 0.332. The number of halogens is 3. The summed E-state index contributed by atoms with van der Waals surface area (Å²) in [5.74, 6) is 0. The molecule has 1 unspecified atom stereocenters. The first-order valence-electron chi connectivity index (χ1n) is 11.5. The molecule has 1 heterocycles. The fraction of sp³-hybridized carbons (Fsp3) is 0.250. The average Bonchev–Trinajstić information content (AvgIpc) is 3.29. The number of rotatable bonds is 8. The van der Waals surface area contributed by atoms with E-state index in [0.717, 1.165) is 41.8 Å². The van der Waals surface area contributed by atoms with Gasteiger partial charge in [-0.3, -0.25) is 5.32 Å². The van der Waals surface area contributed by atoms with Crippen LogP contribution in [0.5, 0.6) is 0 Å². The van der Waals surface area contributed by atoms with Crippen LogP contribution in [0.3, 0.4) is 0 Å². The van der Waals surface area contributed by atoms with Gasteiger partial charge in [0.2, 0.25) is 0 Å². The van der Waals surface area contributed by atoms with E-state index in [0.29, 0.717) is 23.4 Å². The maximum Gasteiger partial charge on any atom is 0.416 e. The van der Waals surface area contributed by atoms with E-state index in [9.17, 15) is 18.3 Å². The molecule has 0 bridgehead atoms. The van der Waals surface area contributed by atoms with Crippen LogP contribution in [0.15, 0.2) is 79.0 Å². The number of nitrogens with one attached hydrogen (secondary N) is 1. The second-order valence-corrected chi connectivity index (χ2v) is 8.60. The number of hydrogen-bond donors (Lipinski definition) is 2. The van der Waals surface area contributed by atoms with E-state index in [1.54, 1.807) is 10.7 Å². The molecule has 3 aromatic carbocycles. The Hall–Kier alpha value is -3.42. The zero-order valence-corrected chi connectivity index (χ0v) is 19.7. The van der Waals surface area contributed by atoms with Gasteiger partial charge in [0.1, 0.15) is 6.23 Å². The summed E-state index contributed by atoms with van der Waals surface area (Å²) in [6.45, 7) is 4.45. The maximum atomic E-state index is 13.5. The van der Waals surface area contributed by atoms with E-state index in [-0.39, 0.29) is 0 Å². The normalized spacial score (nSPS) is 12.6. The van der Waals surface area contributed by atoms with Gasteiger partial charge >= 0.3 is 6.18 Å². The van der Waals surface area contributed by atoms with Gasteiger partial charge in [-0.25, -0.2) is 4.68 Å². The van der Waals surface area contributed by atoms with Crippen molar-refractivity contribution in [3.05, 3.63) is 107 Å². The predicted octanol–water partition coefficient (Wildman–Crippen LogP) is 6.39. The first kappa shape index (κ1) is 24.7. The molecule has 0 aliphatic rings. The van der Waals surface area contributed by atoms with Crippen LogP contribution >= 0.6 is 0 Å². The van der Waals surface area contributed by atoms with Crippen molar-refractivity contribution in [1.82, 2.24) is 15.1 Å². The van der Waals surface area contributed by atoms with Gasteiger partial charge in [0, 0.05) is 11.1 Å². The molecule has 0 amide bonds. The Balaban J connectivity index is 1.67. The van der Waals surface area contributed by atoms with Crippen molar-refractivity contribution >= 4 is 0 Å². The van der Waals surface area contributed by atoms with Crippen LogP contribution in [0.1, 0.15) is 40.5 Å². The standard InChI is InChI=1S/C28H28F3N3O/c1-19-9-6-15-25(20(19)2)34-26(22-13-7-14-23(17-22)28(29,30)31)24(18-33-34)27(35)32-16-8-12-21-10-4-3-5-11-21/h3-7,9-11,13-15,17-18,27,32,35H,8,12,16H2,1-2H3. The second kappa shape index (κ2) is 10.5. The van der Waals surface area contributed by atoms with Crippen molar-refractivity contribution in [2.45, 2.75) is 39.1 Å². The van der Waals surface area contributed by atoms with Gasteiger partial charge in [-0.2, -0.15) is 18.3 Å². The highest BCUT2D eigenvalue weighted by Crippen LogP contribution is 2.36. The Kier molecular flexibility index (Phi) is 7.38. The summed E-state index contributed by atoms with van der Waals surface area (Å²) in [5.41, 5.74) is 4.38. The van der Waals surface area contributed by atoms with Gasteiger partial charge < -0.3 is 5.11 Å². The summed E-state index contributed by atoms with van der Waals surface area (Å²) >= 11 is 0. The molecule has 7 heteroatoms. The van der Waals surface area contributed by atoms with Crippen molar-refractivity contribution in [1.29, 1.82) is 0 Å². The smallest absolute Gasteiger partial charge is 0.374 e. The van der Waals surface area contributed by atoms with Crippen LogP contribution in [0, 0.1) is 13.8 Å². The lowest BCUT2D eigenvalue weighted by atomic mass is 10.0. The van der Waals surface area contributed by atoms with Gasteiger partial charge in [-0.15, -0.1) is 0 Å². The lowest BCUT2D eigenvalue weighted by Crippen LogP contribution is -2.23. The summed E-state index contributed by atoms with van der Waals surface area (Å²) in [6, 6.07) is 20.9. The van der Waals surface area contributed by atoms with Crippen LogP contribution in [-0.2, 0) is 12.6 Å². The predicted molar refractivity (Wildman–Crippen MR) is 131 cm³/mol. The van der Waals surface area contributed by atoms with E-state index in [4.69, 9.17) is 0 Å². The summed E-state index contributed by atoms with van der Waals surface area (Å²) < 4.78 is 42.0. The molecule has 4 rings (SSSR count). The topological polar surface area (TPSA) is 50.1 Å². The molecule has 0 saturated heterocycles. The van der Waals surface area contributed by atoms with Gasteiger partial charge in [0.15, 0.2) is 0 Å². The van der Waals surface area contributed by atoms with E-state index < -0.39 is 18.0 Å². The van der Waals surface area contributed by atoms with Gasteiger partial charge in [0.25, 0.3) is 0 Å². The Bertz CT molecular complexity index is 1280. The number of aliphatic hydroxyl groups is 1. The molecule has 2 N–H and O–H groups in total. The van der Waals surface area contributed by atoms with Crippen LogP contribution < -0.4 is 5.32 Å². The monoisotopic (exact) mass is 479 g/mol. The fourth-order valence-electron chi connectivity index (χ4n) is 4.13. The second-order valence-electron chi connectivity index (χ2n) is 8.60. The Morgan fingerprint density at radius 3 is 2.46 bits per heavy atom. The molecule has 0 saturated carbocycles. The van der Waals surface area contributed by atoms with Crippen molar-refractivity contribution in [2.24, 2.45) is 0 Å². The fourth-order valence-corrected chi connectivity index (χ4v) is 4.13. The molecule has 0 fully saturated rings. The first-order valence-corrected chi connectivity index (χ1v) is 11.5. The molecule has 0 aliphatic heterocycles. The summed E-state index contributed by atoms with van der Waals surface area (Å²) in [7, 11) is 0. The summed E-state index contributed by atoms with van der Waals surface area (Å²) in [6.07, 6.45) is -2.40.